The van der Waals surface area contributed by atoms with Gasteiger partial charge in [0.2, 0.25) is 0 Å². The quantitative estimate of drug-likeness (QED) is 0.804. The van der Waals surface area contributed by atoms with E-state index in [0.717, 1.165) is 24.3 Å². The molecule has 0 aliphatic carbocycles. The lowest BCUT2D eigenvalue weighted by Crippen LogP contribution is -2.32. The second kappa shape index (κ2) is 7.55. The number of nitrogens with zero attached hydrogens (tertiary/aromatic N) is 2. The van der Waals surface area contributed by atoms with Crippen LogP contribution in [-0.4, -0.2) is 37.6 Å². The van der Waals surface area contributed by atoms with Gasteiger partial charge in [0.25, 0.3) is 0 Å². The minimum absolute atomic E-state index is 0.145. The average Bonchev–Trinajstić information content (AvgIpc) is 2.89. The second-order valence-electron chi connectivity index (χ2n) is 5.27. The van der Waals surface area contributed by atoms with Crippen LogP contribution in [0.25, 0.3) is 0 Å². The molecule has 3 nitrogen and oxygen atoms in total. The van der Waals surface area contributed by atoms with E-state index in [4.69, 9.17) is 0 Å². The van der Waals surface area contributed by atoms with E-state index >= 15 is 0 Å². The van der Waals surface area contributed by atoms with Crippen molar-refractivity contribution in [2.75, 3.05) is 11.5 Å². The van der Waals surface area contributed by atoms with Gasteiger partial charge in [0, 0.05) is 23.0 Å². The number of hydrogen-bond acceptors (Lipinski definition) is 4. The van der Waals surface area contributed by atoms with E-state index in [1.165, 1.54) is 5.75 Å². The van der Waals surface area contributed by atoms with E-state index in [2.05, 4.69) is 25.9 Å². The van der Waals surface area contributed by atoms with Crippen molar-refractivity contribution in [1.29, 1.82) is 0 Å². The molecule has 0 aromatic carbocycles. The number of aromatic nitrogens is 2. The number of thioether (sulfide) groups is 2. The van der Waals surface area contributed by atoms with E-state index in [-0.39, 0.29) is 5.25 Å². The number of Topliss-reactive ketones (excluding diaryl/α,β-unsaturated/α-hetero) is 1. The van der Waals surface area contributed by atoms with E-state index < -0.39 is 0 Å². The van der Waals surface area contributed by atoms with Crippen molar-refractivity contribution in [2.45, 2.75) is 56.6 Å². The Labute approximate surface area is 130 Å². The summed E-state index contributed by atoms with van der Waals surface area (Å²) in [4.78, 5) is 12.4. The van der Waals surface area contributed by atoms with Gasteiger partial charge in [0.1, 0.15) is 0 Å². The molecule has 20 heavy (non-hydrogen) atoms. The highest BCUT2D eigenvalue weighted by molar-refractivity contribution is 8.07. The molecule has 0 amide bonds. The van der Waals surface area contributed by atoms with Crippen LogP contribution in [0.2, 0.25) is 0 Å². The van der Waals surface area contributed by atoms with Crippen LogP contribution < -0.4 is 0 Å². The Morgan fingerprint density at radius 1 is 1.40 bits per heavy atom. The van der Waals surface area contributed by atoms with Crippen molar-refractivity contribution in [2.24, 2.45) is 0 Å². The third kappa shape index (κ3) is 3.82. The van der Waals surface area contributed by atoms with Gasteiger partial charge in [-0.05, 0) is 18.9 Å². The van der Waals surface area contributed by atoms with E-state index in [0.29, 0.717) is 23.5 Å². The summed E-state index contributed by atoms with van der Waals surface area (Å²) < 4.78 is 2.02. The number of ketones is 1. The molecule has 0 N–H and O–H groups in total. The van der Waals surface area contributed by atoms with Gasteiger partial charge in [0.05, 0.1) is 23.4 Å². The Bertz CT molecular complexity index is 443. The molecule has 1 aliphatic rings. The Balaban J connectivity index is 1.97. The standard InChI is InChI=1S/C15H24N2OS2/c1-4-13(5-2)17-7-6-12(16-17)10-14(18)15-11(3)19-8-9-20-15/h6-7,11,13,15H,4-5,8-10H2,1-3H3. The summed E-state index contributed by atoms with van der Waals surface area (Å²) in [6.45, 7) is 6.53. The summed E-state index contributed by atoms with van der Waals surface area (Å²) in [7, 11) is 0. The molecule has 0 bridgehead atoms. The fourth-order valence-electron chi connectivity index (χ4n) is 2.60. The smallest absolute Gasteiger partial charge is 0.152 e. The lowest BCUT2D eigenvalue weighted by atomic mass is 10.1. The maximum Gasteiger partial charge on any atom is 0.152 e. The number of rotatable bonds is 6. The molecule has 2 unspecified atom stereocenters. The summed E-state index contributed by atoms with van der Waals surface area (Å²) in [6, 6.07) is 2.46. The van der Waals surface area contributed by atoms with Crippen LogP contribution in [0.4, 0.5) is 0 Å². The SMILES string of the molecule is CCC(CC)n1ccc(CC(=O)C2SCCSC2C)n1. The van der Waals surface area contributed by atoms with E-state index in [9.17, 15) is 4.79 Å². The minimum atomic E-state index is 0.145. The molecule has 112 valence electrons. The summed E-state index contributed by atoms with van der Waals surface area (Å²) >= 11 is 3.73. The Morgan fingerprint density at radius 2 is 2.10 bits per heavy atom. The molecular weight excluding hydrogens is 288 g/mol. The lowest BCUT2D eigenvalue weighted by molar-refractivity contribution is -0.117. The van der Waals surface area contributed by atoms with Crippen molar-refractivity contribution in [3.05, 3.63) is 18.0 Å². The highest BCUT2D eigenvalue weighted by Gasteiger charge is 2.29. The van der Waals surface area contributed by atoms with Gasteiger partial charge in [-0.25, -0.2) is 0 Å². The van der Waals surface area contributed by atoms with Crippen molar-refractivity contribution in [3.63, 3.8) is 0 Å². The summed E-state index contributed by atoms with van der Waals surface area (Å²) in [5.74, 6) is 2.59. The zero-order chi connectivity index (χ0) is 14.5. The van der Waals surface area contributed by atoms with Crippen LogP contribution >= 0.6 is 23.5 Å². The second-order valence-corrected chi connectivity index (χ2v) is 8.00. The molecule has 0 spiro atoms. The third-order valence-corrected chi connectivity index (χ3v) is 6.98. The average molecular weight is 313 g/mol. The van der Waals surface area contributed by atoms with Gasteiger partial charge >= 0.3 is 0 Å². The summed E-state index contributed by atoms with van der Waals surface area (Å²) in [5.41, 5.74) is 0.922. The first-order chi connectivity index (χ1) is 9.65. The summed E-state index contributed by atoms with van der Waals surface area (Å²) in [6.07, 6.45) is 4.66. The minimum Gasteiger partial charge on any atom is -0.298 e. The monoisotopic (exact) mass is 312 g/mol. The van der Waals surface area contributed by atoms with Crippen LogP contribution in [0.1, 0.15) is 45.3 Å². The molecule has 1 aliphatic heterocycles. The first-order valence-electron chi connectivity index (χ1n) is 7.45. The van der Waals surface area contributed by atoms with E-state index in [1.807, 2.05) is 40.5 Å². The van der Waals surface area contributed by atoms with Gasteiger partial charge in [-0.1, -0.05) is 20.8 Å². The van der Waals surface area contributed by atoms with Gasteiger partial charge in [-0.3, -0.25) is 9.48 Å². The molecule has 5 heteroatoms. The van der Waals surface area contributed by atoms with Crippen molar-refractivity contribution in [1.82, 2.24) is 9.78 Å². The zero-order valence-corrected chi connectivity index (χ0v) is 14.2. The highest BCUT2D eigenvalue weighted by Crippen LogP contribution is 2.32. The normalized spacial score (nSPS) is 23.2. The first kappa shape index (κ1) is 16.0. The number of hydrogen-bond donors (Lipinski definition) is 0. The maximum absolute atomic E-state index is 12.4. The molecule has 0 saturated carbocycles. The topological polar surface area (TPSA) is 34.9 Å². The van der Waals surface area contributed by atoms with Crippen molar-refractivity contribution in [3.8, 4) is 0 Å². The van der Waals surface area contributed by atoms with Crippen LogP contribution in [-0.2, 0) is 11.2 Å². The number of carbonyl (C=O) groups is 1. The Morgan fingerprint density at radius 3 is 2.75 bits per heavy atom. The van der Waals surface area contributed by atoms with Crippen LogP contribution in [0, 0.1) is 0 Å². The molecule has 1 aromatic heterocycles. The largest absolute Gasteiger partial charge is 0.298 e. The van der Waals surface area contributed by atoms with Crippen LogP contribution in [0.15, 0.2) is 12.3 Å². The Hall–Kier alpha value is -0.420. The fraction of sp³-hybridized carbons (Fsp3) is 0.733. The highest BCUT2D eigenvalue weighted by atomic mass is 32.2. The molecule has 1 fully saturated rings. The predicted molar refractivity (Wildman–Crippen MR) is 88.7 cm³/mol. The maximum atomic E-state index is 12.4. The molecule has 2 heterocycles. The van der Waals surface area contributed by atoms with Crippen molar-refractivity contribution < 1.29 is 4.79 Å². The first-order valence-corrected chi connectivity index (χ1v) is 9.55. The molecular formula is C15H24N2OS2. The van der Waals surface area contributed by atoms with Gasteiger partial charge in [0.15, 0.2) is 5.78 Å². The fourth-order valence-corrected chi connectivity index (χ4v) is 5.34. The summed E-state index contributed by atoms with van der Waals surface area (Å²) in [5, 5.41) is 5.17. The van der Waals surface area contributed by atoms with Crippen LogP contribution in [0.3, 0.4) is 0 Å². The molecule has 1 saturated heterocycles. The Kier molecular flexibility index (Phi) is 6.02. The zero-order valence-electron chi connectivity index (χ0n) is 12.5. The van der Waals surface area contributed by atoms with Gasteiger partial charge in [-0.2, -0.15) is 16.9 Å². The molecule has 2 rings (SSSR count). The number of carbonyl (C=O) groups excluding carboxylic acids is 1. The molecule has 2 atom stereocenters. The van der Waals surface area contributed by atoms with Crippen molar-refractivity contribution >= 4 is 29.3 Å². The molecule has 1 aromatic rings. The van der Waals surface area contributed by atoms with Crippen LogP contribution in [0.5, 0.6) is 0 Å². The molecule has 0 radical (unpaired) electrons. The van der Waals surface area contributed by atoms with Gasteiger partial charge in [-0.15, -0.1) is 11.8 Å². The lowest BCUT2D eigenvalue weighted by Gasteiger charge is -2.26. The third-order valence-electron chi connectivity index (χ3n) is 3.84. The van der Waals surface area contributed by atoms with Gasteiger partial charge < -0.3 is 0 Å². The van der Waals surface area contributed by atoms with E-state index in [1.54, 1.807) is 0 Å². The predicted octanol–water partition coefficient (Wildman–Crippen LogP) is 3.59.